The fourth-order valence-electron chi connectivity index (χ4n) is 2.72. The van der Waals surface area contributed by atoms with Crippen LogP contribution in [-0.2, 0) is 0 Å². The van der Waals surface area contributed by atoms with Crippen LogP contribution in [0.1, 0.15) is 37.0 Å². The van der Waals surface area contributed by atoms with E-state index in [4.69, 9.17) is 23.2 Å². The molecule has 1 saturated heterocycles. The Hall–Kier alpha value is -0.770. The standard InChI is InChI=1S/C16H22Cl2N2O/c1-11(2)20(10-12-6-8-19-9-7-12)16(21)15-13(17)4-3-5-14(15)18/h3-5,11-12,19H,6-10H2,1-2H3. The molecule has 1 fully saturated rings. The van der Waals surface area contributed by atoms with Gasteiger partial charge in [-0.25, -0.2) is 0 Å². The molecule has 0 spiro atoms. The van der Waals surface area contributed by atoms with Gasteiger partial charge in [0.05, 0.1) is 15.6 Å². The summed E-state index contributed by atoms with van der Waals surface area (Å²) in [5, 5.41) is 4.19. The maximum absolute atomic E-state index is 12.8. The lowest BCUT2D eigenvalue weighted by atomic mass is 9.96. The number of carbonyl (C=O) groups excluding carboxylic acids is 1. The van der Waals surface area contributed by atoms with E-state index < -0.39 is 0 Å². The van der Waals surface area contributed by atoms with Gasteiger partial charge in [0, 0.05) is 12.6 Å². The van der Waals surface area contributed by atoms with Gasteiger partial charge >= 0.3 is 0 Å². The maximum Gasteiger partial charge on any atom is 0.257 e. The Morgan fingerprint density at radius 2 is 1.86 bits per heavy atom. The first-order valence-corrected chi connectivity index (χ1v) is 8.22. The van der Waals surface area contributed by atoms with Crippen molar-refractivity contribution in [2.75, 3.05) is 19.6 Å². The highest BCUT2D eigenvalue weighted by Gasteiger charge is 2.26. The third-order valence-electron chi connectivity index (χ3n) is 3.97. The van der Waals surface area contributed by atoms with E-state index in [2.05, 4.69) is 5.32 Å². The minimum Gasteiger partial charge on any atom is -0.336 e. The van der Waals surface area contributed by atoms with Crippen molar-refractivity contribution in [3.8, 4) is 0 Å². The Kier molecular flexibility index (Phi) is 5.91. The van der Waals surface area contributed by atoms with Gasteiger partial charge in [-0.05, 0) is 57.8 Å². The third-order valence-corrected chi connectivity index (χ3v) is 4.60. The number of benzene rings is 1. The Morgan fingerprint density at radius 1 is 1.29 bits per heavy atom. The highest BCUT2D eigenvalue weighted by atomic mass is 35.5. The summed E-state index contributed by atoms with van der Waals surface area (Å²) in [5.74, 6) is 0.470. The molecule has 1 aliphatic rings. The first-order chi connectivity index (χ1) is 10.0. The molecule has 1 aliphatic heterocycles. The number of carbonyl (C=O) groups is 1. The summed E-state index contributed by atoms with van der Waals surface area (Å²) < 4.78 is 0. The molecule has 1 aromatic carbocycles. The lowest BCUT2D eigenvalue weighted by Crippen LogP contribution is -2.43. The number of hydrogen-bond acceptors (Lipinski definition) is 2. The van der Waals surface area contributed by atoms with Gasteiger partial charge in [-0.15, -0.1) is 0 Å². The molecule has 0 radical (unpaired) electrons. The number of hydrogen-bond donors (Lipinski definition) is 1. The predicted octanol–water partition coefficient (Wildman–Crippen LogP) is 3.84. The summed E-state index contributed by atoms with van der Waals surface area (Å²) in [5.41, 5.74) is 0.420. The fraction of sp³-hybridized carbons (Fsp3) is 0.562. The number of nitrogens with zero attached hydrogens (tertiary/aromatic N) is 1. The Morgan fingerprint density at radius 3 is 2.38 bits per heavy atom. The predicted molar refractivity (Wildman–Crippen MR) is 88.2 cm³/mol. The normalized spacial score (nSPS) is 16.2. The van der Waals surface area contributed by atoms with Crippen molar-refractivity contribution in [3.05, 3.63) is 33.8 Å². The average molecular weight is 329 g/mol. The molecule has 0 bridgehead atoms. The molecule has 5 heteroatoms. The monoisotopic (exact) mass is 328 g/mol. The van der Waals surface area contributed by atoms with Crippen LogP contribution in [-0.4, -0.2) is 36.5 Å². The van der Waals surface area contributed by atoms with Crippen molar-refractivity contribution in [1.82, 2.24) is 10.2 Å². The smallest absolute Gasteiger partial charge is 0.257 e. The third kappa shape index (κ3) is 4.12. The average Bonchev–Trinajstić information content (AvgIpc) is 2.45. The largest absolute Gasteiger partial charge is 0.336 e. The minimum atomic E-state index is -0.0702. The molecular formula is C16H22Cl2N2O. The first kappa shape index (κ1) is 16.6. The van der Waals surface area contributed by atoms with E-state index in [1.54, 1.807) is 18.2 Å². The molecule has 116 valence electrons. The highest BCUT2D eigenvalue weighted by molar-refractivity contribution is 6.39. The number of halogens is 2. The number of nitrogens with one attached hydrogen (secondary N) is 1. The summed E-state index contributed by atoms with van der Waals surface area (Å²) in [7, 11) is 0. The minimum absolute atomic E-state index is 0.0702. The van der Waals surface area contributed by atoms with E-state index in [1.807, 2.05) is 18.7 Å². The molecule has 1 amide bonds. The van der Waals surface area contributed by atoms with Crippen LogP contribution in [0.2, 0.25) is 10.0 Å². The van der Waals surface area contributed by atoms with Gasteiger partial charge in [0.15, 0.2) is 0 Å². The molecule has 0 unspecified atom stereocenters. The molecule has 1 aromatic rings. The van der Waals surface area contributed by atoms with E-state index in [0.29, 0.717) is 21.5 Å². The van der Waals surface area contributed by atoms with Crippen LogP contribution in [0.25, 0.3) is 0 Å². The van der Waals surface area contributed by atoms with Crippen molar-refractivity contribution < 1.29 is 4.79 Å². The Bertz CT molecular complexity index is 479. The van der Waals surface area contributed by atoms with Crippen molar-refractivity contribution in [2.45, 2.75) is 32.7 Å². The molecule has 21 heavy (non-hydrogen) atoms. The second-order valence-corrected chi connectivity index (χ2v) is 6.66. The van der Waals surface area contributed by atoms with Gasteiger partial charge in [0.2, 0.25) is 0 Å². The molecule has 0 aliphatic carbocycles. The number of rotatable bonds is 4. The van der Waals surface area contributed by atoms with Crippen LogP contribution in [0.5, 0.6) is 0 Å². The Balaban J connectivity index is 2.19. The van der Waals surface area contributed by atoms with Gasteiger partial charge in [-0.1, -0.05) is 29.3 Å². The van der Waals surface area contributed by atoms with Crippen LogP contribution in [0.15, 0.2) is 18.2 Å². The summed E-state index contributed by atoms with van der Waals surface area (Å²) >= 11 is 12.3. The molecule has 0 aromatic heterocycles. The second kappa shape index (κ2) is 7.48. The van der Waals surface area contributed by atoms with Crippen molar-refractivity contribution in [2.24, 2.45) is 5.92 Å². The summed E-state index contributed by atoms with van der Waals surface area (Å²) in [4.78, 5) is 14.7. The second-order valence-electron chi connectivity index (χ2n) is 5.84. The van der Waals surface area contributed by atoms with Gasteiger partial charge < -0.3 is 10.2 Å². The van der Waals surface area contributed by atoms with Gasteiger partial charge in [0.1, 0.15) is 0 Å². The zero-order valence-electron chi connectivity index (χ0n) is 12.5. The van der Waals surface area contributed by atoms with E-state index in [9.17, 15) is 4.79 Å². The lowest BCUT2D eigenvalue weighted by Gasteiger charge is -2.33. The SMILES string of the molecule is CC(C)N(CC1CCNCC1)C(=O)c1c(Cl)cccc1Cl. The molecule has 0 atom stereocenters. The first-order valence-electron chi connectivity index (χ1n) is 7.46. The van der Waals surface area contributed by atoms with Gasteiger partial charge in [-0.2, -0.15) is 0 Å². The van der Waals surface area contributed by atoms with Crippen molar-refractivity contribution in [3.63, 3.8) is 0 Å². The zero-order chi connectivity index (χ0) is 15.4. The van der Waals surface area contributed by atoms with Crippen LogP contribution >= 0.6 is 23.2 Å². The molecule has 2 rings (SSSR count). The number of amides is 1. The molecule has 0 saturated carbocycles. The summed E-state index contributed by atoms with van der Waals surface area (Å²) in [6, 6.07) is 5.31. The van der Waals surface area contributed by atoms with Crippen LogP contribution in [0.3, 0.4) is 0 Å². The van der Waals surface area contributed by atoms with Crippen molar-refractivity contribution >= 4 is 29.1 Å². The van der Waals surface area contributed by atoms with E-state index in [-0.39, 0.29) is 11.9 Å². The number of piperidine rings is 1. The summed E-state index contributed by atoms with van der Waals surface area (Å²) in [6.45, 7) is 6.88. The molecule has 1 N–H and O–H groups in total. The maximum atomic E-state index is 12.8. The van der Waals surface area contributed by atoms with Gasteiger partial charge in [0.25, 0.3) is 5.91 Å². The molecule has 1 heterocycles. The lowest BCUT2D eigenvalue weighted by molar-refractivity contribution is 0.0658. The van der Waals surface area contributed by atoms with Crippen LogP contribution in [0, 0.1) is 5.92 Å². The van der Waals surface area contributed by atoms with E-state index in [0.717, 1.165) is 32.5 Å². The highest BCUT2D eigenvalue weighted by Crippen LogP contribution is 2.27. The topological polar surface area (TPSA) is 32.3 Å². The van der Waals surface area contributed by atoms with Crippen LogP contribution < -0.4 is 5.32 Å². The quantitative estimate of drug-likeness (QED) is 0.910. The van der Waals surface area contributed by atoms with Crippen LogP contribution in [0.4, 0.5) is 0 Å². The molecule has 3 nitrogen and oxygen atoms in total. The van der Waals surface area contributed by atoms with E-state index >= 15 is 0 Å². The van der Waals surface area contributed by atoms with Crippen molar-refractivity contribution in [1.29, 1.82) is 0 Å². The van der Waals surface area contributed by atoms with E-state index in [1.165, 1.54) is 0 Å². The fourth-order valence-corrected chi connectivity index (χ4v) is 3.28. The zero-order valence-corrected chi connectivity index (χ0v) is 14.0. The Labute approximate surface area is 136 Å². The molecular weight excluding hydrogens is 307 g/mol. The van der Waals surface area contributed by atoms with Gasteiger partial charge in [-0.3, -0.25) is 4.79 Å². The summed E-state index contributed by atoms with van der Waals surface area (Å²) in [6.07, 6.45) is 2.21.